The first-order valence-electron chi connectivity index (χ1n) is 15.1. The van der Waals surface area contributed by atoms with Crippen LogP contribution in [0.1, 0.15) is 106 Å². The molecule has 8 heteroatoms. The lowest BCUT2D eigenvalue weighted by atomic mass is 9.99. The molecular formula is C33H50N4O3S. The van der Waals surface area contributed by atoms with Crippen LogP contribution in [0.15, 0.2) is 52.0 Å². The largest absolute Gasteiger partial charge is 0.491 e. The molecule has 2 atom stereocenters. The van der Waals surface area contributed by atoms with Gasteiger partial charge in [0.25, 0.3) is 5.91 Å². The Morgan fingerprint density at radius 1 is 1.32 bits per heavy atom. The number of nitrogens with one attached hydrogen (secondary N) is 1. The van der Waals surface area contributed by atoms with E-state index in [0.29, 0.717) is 31.1 Å². The van der Waals surface area contributed by atoms with Gasteiger partial charge in [-0.25, -0.2) is 4.98 Å². The van der Waals surface area contributed by atoms with Crippen LogP contribution in [0.25, 0.3) is 0 Å². The summed E-state index contributed by atoms with van der Waals surface area (Å²) in [5.41, 5.74) is 11.2. The summed E-state index contributed by atoms with van der Waals surface area (Å²) in [5.74, 6) is 0.611. The van der Waals surface area contributed by atoms with Crippen LogP contribution in [-0.4, -0.2) is 49.5 Å². The molecule has 1 saturated heterocycles. The molecule has 7 nitrogen and oxygen atoms in total. The Morgan fingerprint density at radius 2 is 2.07 bits per heavy atom. The smallest absolute Gasteiger partial charge is 0.275 e. The Morgan fingerprint density at radius 3 is 2.73 bits per heavy atom. The lowest BCUT2D eigenvalue weighted by molar-refractivity contribution is 0.0677. The lowest BCUT2D eigenvalue weighted by Gasteiger charge is -2.15. The maximum Gasteiger partial charge on any atom is 0.275 e. The molecule has 41 heavy (non-hydrogen) atoms. The molecule has 2 aliphatic rings. The Kier molecular flexibility index (Phi) is 15.6. The molecule has 0 bridgehead atoms. The van der Waals surface area contributed by atoms with Gasteiger partial charge in [-0.2, -0.15) is 0 Å². The number of fused-ring (bicyclic) bond motifs is 1. The molecule has 1 amide bonds. The second-order valence-electron chi connectivity index (χ2n) is 9.98. The van der Waals surface area contributed by atoms with E-state index < -0.39 is 0 Å². The van der Waals surface area contributed by atoms with Gasteiger partial charge >= 0.3 is 0 Å². The van der Waals surface area contributed by atoms with E-state index in [1.807, 2.05) is 45.2 Å². The van der Waals surface area contributed by atoms with Crippen molar-refractivity contribution in [3.8, 4) is 5.75 Å². The zero-order chi connectivity index (χ0) is 30.2. The van der Waals surface area contributed by atoms with E-state index in [1.54, 1.807) is 6.21 Å². The van der Waals surface area contributed by atoms with Gasteiger partial charge in [0.05, 0.1) is 17.7 Å². The van der Waals surface area contributed by atoms with Gasteiger partial charge in [-0.3, -0.25) is 9.79 Å². The fraction of sp³-hybridized carbons (Fsp3) is 0.545. The van der Waals surface area contributed by atoms with E-state index in [-0.39, 0.29) is 17.9 Å². The molecule has 1 aromatic heterocycles. The van der Waals surface area contributed by atoms with E-state index in [0.717, 1.165) is 71.7 Å². The number of thiazole rings is 1. The molecule has 4 rings (SSSR count). The summed E-state index contributed by atoms with van der Waals surface area (Å²) in [6.07, 6.45) is 7.68. The van der Waals surface area contributed by atoms with Crippen LogP contribution < -0.4 is 15.8 Å². The number of aliphatic imine (C=N–C) groups is 1. The average molecular weight is 583 g/mol. The van der Waals surface area contributed by atoms with Gasteiger partial charge in [-0.1, -0.05) is 58.4 Å². The second kappa shape index (κ2) is 18.6. The number of allylic oxidation sites excluding steroid dienone is 3. The van der Waals surface area contributed by atoms with Gasteiger partial charge in [0, 0.05) is 30.3 Å². The van der Waals surface area contributed by atoms with Gasteiger partial charge in [0.15, 0.2) is 0 Å². The maximum atomic E-state index is 13.1. The van der Waals surface area contributed by atoms with Crippen LogP contribution in [0.4, 0.5) is 0 Å². The third kappa shape index (κ3) is 9.90. The summed E-state index contributed by atoms with van der Waals surface area (Å²) < 4.78 is 11.9. The normalized spacial score (nSPS) is 18.2. The molecule has 2 heterocycles. The number of aromatic nitrogens is 1. The minimum Gasteiger partial charge on any atom is -0.491 e. The van der Waals surface area contributed by atoms with Crippen molar-refractivity contribution in [2.24, 2.45) is 10.7 Å². The Labute approximate surface area is 251 Å². The number of hydrogen-bond acceptors (Lipinski definition) is 7. The predicted octanol–water partition coefficient (Wildman–Crippen LogP) is 7.22. The van der Waals surface area contributed by atoms with Gasteiger partial charge in [-0.15, -0.1) is 11.3 Å². The first kappa shape index (κ1) is 34.4. The summed E-state index contributed by atoms with van der Waals surface area (Å²) in [5, 5.41) is 5.69. The Bertz CT molecular complexity index is 1160. The van der Waals surface area contributed by atoms with Crippen molar-refractivity contribution in [2.45, 2.75) is 92.1 Å². The van der Waals surface area contributed by atoms with E-state index in [9.17, 15) is 4.79 Å². The first-order valence-corrected chi connectivity index (χ1v) is 16.0. The van der Waals surface area contributed by atoms with Crippen LogP contribution in [0, 0.1) is 0 Å². The van der Waals surface area contributed by atoms with Gasteiger partial charge in [0.1, 0.15) is 23.1 Å². The number of nitrogens with two attached hydrogens (primary N) is 1. The van der Waals surface area contributed by atoms with Gasteiger partial charge < -0.3 is 20.5 Å². The van der Waals surface area contributed by atoms with Crippen molar-refractivity contribution in [3.05, 3.63) is 68.8 Å². The van der Waals surface area contributed by atoms with Crippen molar-refractivity contribution in [1.29, 1.82) is 0 Å². The molecule has 0 spiro atoms. The zero-order valence-corrected chi connectivity index (χ0v) is 26.7. The number of carbonyl (C=O) groups excluding carboxylic acids is 1. The van der Waals surface area contributed by atoms with Crippen LogP contribution in [0.2, 0.25) is 0 Å². The summed E-state index contributed by atoms with van der Waals surface area (Å²) in [7, 11) is 0. The number of amides is 1. The molecule has 0 saturated carbocycles. The van der Waals surface area contributed by atoms with E-state index in [2.05, 4.69) is 36.8 Å². The van der Waals surface area contributed by atoms with Crippen molar-refractivity contribution < 1.29 is 14.3 Å². The number of rotatable bonds is 11. The third-order valence-corrected chi connectivity index (χ3v) is 7.52. The summed E-state index contributed by atoms with van der Waals surface area (Å²) >= 11 is 1.49. The molecule has 1 aromatic carbocycles. The molecule has 226 valence electrons. The Hall–Kier alpha value is -2.81. The SMILES string of the molecule is C=C1Cc2c(OC[C@H]3CCCO3)cccc2C1c1nc(C(=O)N/C(C=NCC)=C(/C)CCCN)cs1.CC.CCC. The summed E-state index contributed by atoms with van der Waals surface area (Å²) in [4.78, 5) is 22.1. The standard InChI is InChI=1S/C28H36N4O3S.C3H8.C2H6/c1-4-30-15-23(18(2)8-6-12-29)31-27(33)24-17-36-28(32-24)26-19(3)14-22-21(26)10-5-11-25(22)35-16-20-9-7-13-34-20;1-3-2;1-2/h5,10-11,15,17,20,26H,3-4,6-9,12-14,16,29H2,1-2H3,(H,31,33);3H2,1-2H3;1-2H3/b23-18-,30-15?;;/t20-,26?;;/m1../s1. The molecule has 1 fully saturated rings. The van der Waals surface area contributed by atoms with Crippen LogP contribution >= 0.6 is 11.3 Å². The van der Waals surface area contributed by atoms with Crippen LogP contribution in [0.3, 0.4) is 0 Å². The highest BCUT2D eigenvalue weighted by Crippen LogP contribution is 2.45. The molecule has 0 radical (unpaired) electrons. The minimum atomic E-state index is -0.236. The highest BCUT2D eigenvalue weighted by molar-refractivity contribution is 7.10. The monoisotopic (exact) mass is 582 g/mol. The van der Waals surface area contributed by atoms with Crippen LogP contribution in [-0.2, 0) is 11.2 Å². The average Bonchev–Trinajstić information content (AvgIpc) is 3.74. The number of ether oxygens (including phenoxy) is 2. The Balaban J connectivity index is 0.00000110. The molecule has 3 N–H and O–H groups in total. The molecule has 1 aliphatic carbocycles. The van der Waals surface area contributed by atoms with Crippen molar-refractivity contribution in [2.75, 3.05) is 26.3 Å². The predicted molar refractivity (Wildman–Crippen MR) is 173 cm³/mol. The minimum absolute atomic E-state index is 0.0409. The number of hydrogen-bond donors (Lipinski definition) is 2. The maximum absolute atomic E-state index is 13.1. The fourth-order valence-corrected chi connectivity index (χ4v) is 5.61. The van der Waals surface area contributed by atoms with E-state index >= 15 is 0 Å². The molecule has 1 aliphatic heterocycles. The molecule has 2 aromatic rings. The number of carbonyl (C=O) groups is 1. The lowest BCUT2D eigenvalue weighted by Crippen LogP contribution is -2.25. The highest BCUT2D eigenvalue weighted by Gasteiger charge is 2.32. The third-order valence-electron chi connectivity index (χ3n) is 6.61. The van der Waals surface area contributed by atoms with E-state index in [4.69, 9.17) is 20.2 Å². The zero-order valence-electron chi connectivity index (χ0n) is 25.9. The highest BCUT2D eigenvalue weighted by atomic mass is 32.1. The number of nitrogens with zero attached hydrogens (tertiary/aromatic N) is 2. The van der Waals surface area contributed by atoms with Gasteiger partial charge in [-0.05, 0) is 69.7 Å². The summed E-state index contributed by atoms with van der Waals surface area (Å²) in [6.45, 7) is 19.2. The quantitative estimate of drug-likeness (QED) is 0.215. The topological polar surface area (TPSA) is 98.8 Å². The molecule has 1 unspecified atom stereocenters. The van der Waals surface area contributed by atoms with E-state index in [1.165, 1.54) is 17.8 Å². The number of benzene rings is 1. The van der Waals surface area contributed by atoms with Crippen molar-refractivity contribution in [3.63, 3.8) is 0 Å². The summed E-state index contributed by atoms with van der Waals surface area (Å²) in [6, 6.07) is 6.15. The van der Waals surface area contributed by atoms with Gasteiger partial charge in [0.2, 0.25) is 0 Å². The first-order chi connectivity index (χ1) is 19.9. The molecular weight excluding hydrogens is 532 g/mol. The van der Waals surface area contributed by atoms with Crippen LogP contribution in [0.5, 0.6) is 5.75 Å². The fourth-order valence-electron chi connectivity index (χ4n) is 4.64. The van der Waals surface area contributed by atoms with Crippen molar-refractivity contribution >= 4 is 23.5 Å². The second-order valence-corrected chi connectivity index (χ2v) is 10.9. The van der Waals surface area contributed by atoms with Crippen molar-refractivity contribution in [1.82, 2.24) is 10.3 Å².